The Bertz CT molecular complexity index is 271. The molecule has 0 aromatic heterocycles. The summed E-state index contributed by atoms with van der Waals surface area (Å²) in [5.41, 5.74) is 0.547. The predicted octanol–water partition coefficient (Wildman–Crippen LogP) is -1.23. The number of carbonyl (C=O) groups is 1. The van der Waals surface area contributed by atoms with Crippen molar-refractivity contribution in [2.45, 2.75) is 11.8 Å². The molecule has 0 atom stereocenters. The number of esters is 1. The maximum Gasteiger partial charge on any atom is 1.00 e. The number of rotatable bonds is 2. The van der Waals surface area contributed by atoms with Crippen LogP contribution in [0.15, 0.2) is 29.2 Å². The van der Waals surface area contributed by atoms with Crippen LogP contribution >= 0.6 is 0 Å². The normalized spacial score (nSPS) is 8.69. The molecule has 0 saturated carbocycles. The van der Waals surface area contributed by atoms with Crippen LogP contribution in [0.5, 0.6) is 0 Å². The van der Waals surface area contributed by atoms with Crippen LogP contribution in [0.25, 0.3) is 0 Å². The number of carbonyl (C=O) groups excluding carboxylic acids is 1. The van der Waals surface area contributed by atoms with E-state index in [4.69, 9.17) is 17.4 Å². The molecule has 0 saturated heterocycles. The Morgan fingerprint density at radius 1 is 1.38 bits per heavy atom. The summed E-state index contributed by atoms with van der Waals surface area (Å²) >= 11 is 4.87. The molecule has 0 amide bonds. The largest absolute Gasteiger partial charge is 1.00 e. The Morgan fingerprint density at radius 3 is 2.38 bits per heavy atom. The van der Waals surface area contributed by atoms with Crippen LogP contribution in [0.1, 0.15) is 17.3 Å². The summed E-state index contributed by atoms with van der Waals surface area (Å²) in [6.45, 7) is 2.17. The maximum atomic E-state index is 11.1. The molecule has 4 heteroatoms. The van der Waals surface area contributed by atoms with Crippen LogP contribution in [-0.2, 0) is 17.4 Å². The molecule has 0 fully saturated rings. The van der Waals surface area contributed by atoms with Crippen LogP contribution in [-0.4, -0.2) is 12.6 Å². The van der Waals surface area contributed by atoms with Crippen LogP contribution in [0.2, 0.25) is 0 Å². The van der Waals surface area contributed by atoms with Crippen LogP contribution < -0.4 is 29.6 Å². The van der Waals surface area contributed by atoms with Gasteiger partial charge in [-0.1, -0.05) is 12.1 Å². The van der Waals surface area contributed by atoms with E-state index in [1.165, 1.54) is 0 Å². The molecule has 13 heavy (non-hydrogen) atoms. The third-order valence-corrected chi connectivity index (χ3v) is 1.64. The Labute approximate surface area is 105 Å². The van der Waals surface area contributed by atoms with Crippen molar-refractivity contribution >= 4 is 18.6 Å². The third-order valence-electron chi connectivity index (χ3n) is 1.37. The number of ether oxygens (including phenoxy) is 1. The van der Waals surface area contributed by atoms with Crippen molar-refractivity contribution in [2.75, 3.05) is 6.61 Å². The molecule has 0 aliphatic rings. The Kier molecular flexibility index (Phi) is 6.33. The second-order valence-corrected chi connectivity index (χ2v) is 2.72. The summed E-state index contributed by atoms with van der Waals surface area (Å²) in [6, 6.07) is 6.75. The molecule has 0 unspecified atom stereocenters. The summed E-state index contributed by atoms with van der Waals surface area (Å²) in [4.78, 5) is 11.8. The van der Waals surface area contributed by atoms with Gasteiger partial charge in [-0.2, -0.15) is 4.90 Å². The molecule has 0 radical (unpaired) electrons. The molecule has 1 aromatic rings. The second-order valence-electron chi connectivity index (χ2n) is 2.24. The second kappa shape index (κ2) is 6.38. The average molecular weight is 204 g/mol. The molecule has 0 aliphatic heterocycles. The molecule has 0 N–H and O–H groups in total. The Morgan fingerprint density at radius 2 is 1.92 bits per heavy atom. The van der Waals surface area contributed by atoms with Crippen molar-refractivity contribution in [2.24, 2.45) is 0 Å². The molecule has 0 spiro atoms. The molecule has 64 valence electrons. The molecule has 0 heterocycles. The number of hydrogen-bond acceptors (Lipinski definition) is 3. The Hall–Kier alpha value is -0.0900. The molecule has 1 aromatic carbocycles. The van der Waals surface area contributed by atoms with Crippen LogP contribution in [0, 0.1) is 0 Å². The molecule has 0 bridgehead atoms. The van der Waals surface area contributed by atoms with Crippen molar-refractivity contribution < 1.29 is 39.1 Å². The van der Waals surface area contributed by atoms with Gasteiger partial charge in [0.05, 0.1) is 12.2 Å². The van der Waals surface area contributed by atoms with E-state index < -0.39 is 0 Å². The van der Waals surface area contributed by atoms with E-state index in [-0.39, 0.29) is 35.5 Å². The summed E-state index contributed by atoms with van der Waals surface area (Å²) in [6.07, 6.45) is 0. The number of hydrogen-bond donors (Lipinski definition) is 0. The van der Waals surface area contributed by atoms with Gasteiger partial charge in [0.1, 0.15) is 0 Å². The summed E-state index contributed by atoms with van der Waals surface area (Å²) in [7, 11) is 0. The first-order chi connectivity index (χ1) is 5.74. The van der Waals surface area contributed by atoms with Gasteiger partial charge in [0.25, 0.3) is 0 Å². The number of benzene rings is 1. The van der Waals surface area contributed by atoms with E-state index in [1.54, 1.807) is 31.2 Å². The van der Waals surface area contributed by atoms with E-state index in [0.717, 1.165) is 4.90 Å². The van der Waals surface area contributed by atoms with Crippen molar-refractivity contribution in [1.29, 1.82) is 0 Å². The van der Waals surface area contributed by atoms with Gasteiger partial charge in [-0.3, -0.25) is 0 Å². The van der Waals surface area contributed by atoms with E-state index in [0.29, 0.717) is 12.2 Å². The van der Waals surface area contributed by atoms with E-state index in [1.807, 2.05) is 0 Å². The fourth-order valence-electron chi connectivity index (χ4n) is 0.805. The van der Waals surface area contributed by atoms with Crippen molar-refractivity contribution in [3.05, 3.63) is 29.8 Å². The predicted molar refractivity (Wildman–Crippen MR) is 48.0 cm³/mol. The standard InChI is InChI=1S/C9H10O2S.Na/c1-2-11-9(10)7-3-5-8(12)6-4-7;/h3-6,12H,2H2,1H3;/q;+1/p-1. The average Bonchev–Trinajstić information content (AvgIpc) is 2.06. The quantitative estimate of drug-likeness (QED) is 0.343. The summed E-state index contributed by atoms with van der Waals surface area (Å²) < 4.78 is 4.79. The molecule has 0 aliphatic carbocycles. The van der Waals surface area contributed by atoms with E-state index >= 15 is 0 Å². The smallest absolute Gasteiger partial charge is 0.780 e. The SMILES string of the molecule is CCOC(=O)c1ccc([S-])cc1.[Na+]. The van der Waals surface area contributed by atoms with E-state index in [9.17, 15) is 4.79 Å². The minimum atomic E-state index is -0.299. The third kappa shape index (κ3) is 4.09. The summed E-state index contributed by atoms with van der Waals surface area (Å²) in [5, 5.41) is 0. The molecule has 2 nitrogen and oxygen atoms in total. The van der Waals surface area contributed by atoms with Gasteiger partial charge in [0.15, 0.2) is 0 Å². The van der Waals surface area contributed by atoms with Crippen molar-refractivity contribution in [3.63, 3.8) is 0 Å². The van der Waals surface area contributed by atoms with Gasteiger partial charge in [0.2, 0.25) is 0 Å². The van der Waals surface area contributed by atoms with Crippen molar-refractivity contribution in [3.8, 4) is 0 Å². The zero-order valence-electron chi connectivity index (χ0n) is 7.74. The van der Waals surface area contributed by atoms with Crippen molar-refractivity contribution in [1.82, 2.24) is 0 Å². The minimum Gasteiger partial charge on any atom is -0.780 e. The fourth-order valence-corrected chi connectivity index (χ4v) is 0.942. The molecular weight excluding hydrogens is 195 g/mol. The van der Waals surface area contributed by atoms with Gasteiger partial charge in [-0.15, -0.1) is 0 Å². The summed E-state index contributed by atoms with van der Waals surface area (Å²) in [5.74, 6) is -0.299. The fraction of sp³-hybridized carbons (Fsp3) is 0.222. The van der Waals surface area contributed by atoms with E-state index in [2.05, 4.69) is 0 Å². The first-order valence-electron chi connectivity index (χ1n) is 3.68. The zero-order valence-corrected chi connectivity index (χ0v) is 10.6. The van der Waals surface area contributed by atoms with Gasteiger partial charge < -0.3 is 17.4 Å². The Balaban J connectivity index is 0.00000144. The van der Waals surface area contributed by atoms with Gasteiger partial charge in [-0.05, 0) is 19.1 Å². The molecular formula is C9H9NaO2S. The zero-order chi connectivity index (χ0) is 8.97. The van der Waals surface area contributed by atoms with Crippen LogP contribution in [0.3, 0.4) is 0 Å². The minimum absolute atomic E-state index is 0. The topological polar surface area (TPSA) is 26.3 Å². The first kappa shape index (κ1) is 12.9. The monoisotopic (exact) mass is 204 g/mol. The van der Waals surface area contributed by atoms with Gasteiger partial charge in [-0.25, -0.2) is 4.79 Å². The van der Waals surface area contributed by atoms with Gasteiger partial charge >= 0.3 is 35.5 Å². The van der Waals surface area contributed by atoms with Crippen LogP contribution in [0.4, 0.5) is 0 Å². The van der Waals surface area contributed by atoms with Gasteiger partial charge in [0, 0.05) is 0 Å². The molecule has 1 rings (SSSR count). The maximum absolute atomic E-state index is 11.1. The first-order valence-corrected chi connectivity index (χ1v) is 4.09.